The zero-order chi connectivity index (χ0) is 16.9. The summed E-state index contributed by atoms with van der Waals surface area (Å²) in [7, 11) is -9.42. The summed E-state index contributed by atoms with van der Waals surface area (Å²) < 4.78 is 34.5. The van der Waals surface area contributed by atoms with E-state index in [9.17, 15) is 4.57 Å². The lowest BCUT2D eigenvalue weighted by atomic mass is 10.8. The monoisotopic (exact) mass is 371 g/mol. The van der Waals surface area contributed by atoms with Gasteiger partial charge in [0.15, 0.2) is 25.0 Å². The van der Waals surface area contributed by atoms with Crippen LogP contribution in [0.3, 0.4) is 0 Å². The minimum atomic E-state index is -3.66. The van der Waals surface area contributed by atoms with E-state index in [2.05, 4.69) is 24.8 Å². The molecule has 0 heterocycles. The second-order valence-corrected chi connectivity index (χ2v) is 23.1. The van der Waals surface area contributed by atoms with E-state index >= 15 is 0 Å². The van der Waals surface area contributed by atoms with Crippen LogP contribution in [0.2, 0.25) is 58.9 Å². The molecular weight excluding hydrogens is 341 g/mol. The van der Waals surface area contributed by atoms with E-state index in [-0.39, 0.29) is 0 Å². The van der Waals surface area contributed by atoms with Crippen LogP contribution in [0.15, 0.2) is 5.16 Å². The van der Waals surface area contributed by atoms with Gasteiger partial charge in [0.05, 0.1) is 12.8 Å². The van der Waals surface area contributed by atoms with Crippen molar-refractivity contribution in [2.45, 2.75) is 58.9 Å². The van der Waals surface area contributed by atoms with Crippen LogP contribution < -0.4 is 0 Å². The molecule has 0 aromatic carbocycles. The second kappa shape index (κ2) is 7.67. The van der Waals surface area contributed by atoms with Crippen molar-refractivity contribution < 1.29 is 22.0 Å². The number of hydrogen-bond acceptors (Lipinski definition) is 6. The molecule has 0 aliphatic heterocycles. The summed E-state index contributed by atoms with van der Waals surface area (Å²) in [6.07, 6.45) is 1.45. The zero-order valence-electron chi connectivity index (χ0n) is 14.7. The number of rotatable bonds is 9. The van der Waals surface area contributed by atoms with Gasteiger partial charge in [-0.2, -0.15) is 0 Å². The maximum Gasteiger partial charge on any atom is 0.530 e. The molecule has 0 radical (unpaired) electrons. The van der Waals surface area contributed by atoms with Gasteiger partial charge in [0, 0.05) is 0 Å². The van der Waals surface area contributed by atoms with Crippen LogP contribution in [-0.2, 0) is 22.0 Å². The minimum absolute atomic E-state index is 0.329. The van der Waals surface area contributed by atoms with Gasteiger partial charge in [-0.1, -0.05) is 5.16 Å². The Morgan fingerprint density at radius 2 is 1.29 bits per heavy atom. The number of phosphoric acid groups is 1. The first kappa shape index (κ1) is 21.2. The van der Waals surface area contributed by atoms with Crippen LogP contribution >= 0.6 is 7.82 Å². The number of oxime groups is 1. The van der Waals surface area contributed by atoms with Crippen molar-refractivity contribution in [3.63, 3.8) is 0 Å². The molecule has 0 saturated carbocycles. The molecule has 0 spiro atoms. The smallest absolute Gasteiger partial charge is 0.412 e. The van der Waals surface area contributed by atoms with Gasteiger partial charge in [0.25, 0.3) is 0 Å². The van der Waals surface area contributed by atoms with Crippen LogP contribution in [0.4, 0.5) is 0 Å². The highest BCUT2D eigenvalue weighted by atomic mass is 31.2. The highest BCUT2D eigenvalue weighted by Crippen LogP contribution is 2.54. The van der Waals surface area contributed by atoms with Gasteiger partial charge in [0.1, 0.15) is 0 Å². The van der Waals surface area contributed by atoms with Crippen LogP contribution in [0, 0.1) is 0 Å². The van der Waals surface area contributed by atoms with E-state index in [0.717, 1.165) is 0 Å². The molecule has 0 fully saturated rings. The fourth-order valence-electron chi connectivity index (χ4n) is 1.13. The van der Waals surface area contributed by atoms with Crippen LogP contribution in [-0.4, -0.2) is 37.8 Å². The molecule has 126 valence electrons. The van der Waals surface area contributed by atoms with E-state index in [1.807, 2.05) is 39.3 Å². The third-order valence-electron chi connectivity index (χ3n) is 1.58. The summed E-state index contributed by atoms with van der Waals surface area (Å²) >= 11 is 0. The Kier molecular flexibility index (Phi) is 7.75. The Morgan fingerprint density at radius 1 is 0.857 bits per heavy atom. The van der Waals surface area contributed by atoms with E-state index in [1.165, 1.54) is 6.21 Å². The third-order valence-corrected chi connectivity index (χ3v) is 9.08. The van der Waals surface area contributed by atoms with E-state index in [1.54, 1.807) is 0 Å². The molecule has 6 nitrogen and oxygen atoms in total. The molecule has 0 amide bonds. The SMILES string of the molecule is C[Si](C)(C)OCC=NOP(=O)(O[Si](C)(C)C)O[Si](C)(C)C. The molecule has 0 aliphatic rings. The summed E-state index contributed by atoms with van der Waals surface area (Å²) in [6, 6.07) is 0. The van der Waals surface area contributed by atoms with Crippen molar-refractivity contribution in [1.82, 2.24) is 0 Å². The Labute approximate surface area is 132 Å². The van der Waals surface area contributed by atoms with Gasteiger partial charge in [0.2, 0.25) is 0 Å². The average Bonchev–Trinajstić information content (AvgIpc) is 2.07. The van der Waals surface area contributed by atoms with E-state index in [0.29, 0.717) is 6.61 Å². The Morgan fingerprint density at radius 3 is 1.62 bits per heavy atom. The van der Waals surface area contributed by atoms with Crippen molar-refractivity contribution in [3.05, 3.63) is 0 Å². The third kappa shape index (κ3) is 13.6. The number of hydrogen-bond donors (Lipinski definition) is 0. The summed E-state index contributed by atoms with van der Waals surface area (Å²) in [6.45, 7) is 18.1. The molecular formula is C11H30NO5PSi3. The second-order valence-electron chi connectivity index (χ2n) is 7.65. The fourth-order valence-corrected chi connectivity index (χ4v) is 8.01. The summed E-state index contributed by atoms with van der Waals surface area (Å²) in [5.41, 5.74) is 0. The van der Waals surface area contributed by atoms with Crippen molar-refractivity contribution >= 4 is 39.0 Å². The van der Waals surface area contributed by atoms with Crippen molar-refractivity contribution in [2.24, 2.45) is 5.16 Å². The van der Waals surface area contributed by atoms with Gasteiger partial charge >= 0.3 is 7.82 Å². The summed E-state index contributed by atoms with van der Waals surface area (Å²) in [5.74, 6) is 0. The molecule has 0 N–H and O–H groups in total. The van der Waals surface area contributed by atoms with Crippen LogP contribution in [0.25, 0.3) is 0 Å². The first-order valence-electron chi connectivity index (χ1n) is 6.98. The molecule has 0 bridgehead atoms. The highest BCUT2D eigenvalue weighted by Gasteiger charge is 2.39. The molecule has 0 aliphatic carbocycles. The molecule has 0 unspecified atom stereocenters. The average molecular weight is 372 g/mol. The first-order valence-corrected chi connectivity index (χ1v) is 18.7. The van der Waals surface area contributed by atoms with Gasteiger partial charge in [-0.15, -0.1) is 0 Å². The molecule has 0 rings (SSSR count). The molecule has 0 aromatic heterocycles. The van der Waals surface area contributed by atoms with Gasteiger partial charge in [-0.3, -0.25) is 4.62 Å². The van der Waals surface area contributed by atoms with Gasteiger partial charge in [-0.25, -0.2) is 4.57 Å². The van der Waals surface area contributed by atoms with E-state index in [4.69, 9.17) is 17.5 Å². The quantitative estimate of drug-likeness (QED) is 0.255. The van der Waals surface area contributed by atoms with Gasteiger partial charge < -0.3 is 12.9 Å². The summed E-state index contributed by atoms with van der Waals surface area (Å²) in [5, 5.41) is 3.72. The van der Waals surface area contributed by atoms with Crippen LogP contribution in [0.5, 0.6) is 0 Å². The van der Waals surface area contributed by atoms with Gasteiger partial charge in [-0.05, 0) is 58.9 Å². The zero-order valence-corrected chi connectivity index (χ0v) is 18.6. The Hall–Kier alpha value is 0.231. The summed E-state index contributed by atoms with van der Waals surface area (Å²) in [4.78, 5) is 0. The lowest BCUT2D eigenvalue weighted by Gasteiger charge is -2.27. The standard InChI is InChI=1S/C11H30NO5PSi3/c1-19(2,3)14-11-10-12-15-18(13,16-20(4,5)6)17-21(7,8)9/h10H,11H2,1-9H3. The van der Waals surface area contributed by atoms with Crippen molar-refractivity contribution in [1.29, 1.82) is 0 Å². The maximum atomic E-state index is 12.7. The minimum Gasteiger partial charge on any atom is -0.412 e. The predicted octanol–water partition coefficient (Wildman–Crippen LogP) is 4.65. The lowest BCUT2D eigenvalue weighted by molar-refractivity contribution is 0.214. The number of nitrogens with zero attached hydrogens (tertiary/aromatic N) is 1. The Balaban J connectivity index is 4.70. The normalized spacial score (nSPS) is 14.7. The molecule has 0 atom stereocenters. The largest absolute Gasteiger partial charge is 0.530 e. The molecule has 10 heteroatoms. The molecule has 0 saturated heterocycles. The Bertz CT molecular complexity index is 378. The molecule has 21 heavy (non-hydrogen) atoms. The molecule has 0 aromatic rings. The lowest BCUT2D eigenvalue weighted by Crippen LogP contribution is -2.30. The predicted molar refractivity (Wildman–Crippen MR) is 95.3 cm³/mol. The topological polar surface area (TPSA) is 66.4 Å². The van der Waals surface area contributed by atoms with Crippen LogP contribution in [0.1, 0.15) is 0 Å². The maximum absolute atomic E-state index is 12.7. The first-order chi connectivity index (χ1) is 9.12. The van der Waals surface area contributed by atoms with Crippen molar-refractivity contribution in [3.8, 4) is 0 Å². The fraction of sp³-hybridized carbons (Fsp3) is 0.909. The highest BCUT2D eigenvalue weighted by molar-refractivity contribution is 7.52. The van der Waals surface area contributed by atoms with Crippen molar-refractivity contribution in [2.75, 3.05) is 6.61 Å². The van der Waals surface area contributed by atoms with E-state index < -0.39 is 32.8 Å².